The highest BCUT2D eigenvalue weighted by atomic mass is 35.5. The third kappa shape index (κ3) is 4.82. The van der Waals surface area contributed by atoms with Crippen LogP contribution in [0.2, 0.25) is 0 Å². The van der Waals surface area contributed by atoms with Crippen molar-refractivity contribution in [2.24, 2.45) is 0 Å². The van der Waals surface area contributed by atoms with Crippen molar-refractivity contribution < 1.29 is 0 Å². The van der Waals surface area contributed by atoms with Gasteiger partial charge in [-0.1, -0.05) is 42.5 Å². The predicted molar refractivity (Wildman–Crippen MR) is 114 cm³/mol. The lowest BCUT2D eigenvalue weighted by molar-refractivity contribution is 0.276. The molecular weight excluding hydrogens is 340 g/mol. The first-order chi connectivity index (χ1) is 12.7. The normalized spacial score (nSPS) is 19.0. The molecule has 26 heavy (non-hydrogen) atoms. The second-order valence-corrected chi connectivity index (χ2v) is 7.63. The van der Waals surface area contributed by atoms with E-state index in [1.54, 1.807) is 0 Å². The van der Waals surface area contributed by atoms with Crippen molar-refractivity contribution in [1.82, 2.24) is 4.90 Å². The van der Waals surface area contributed by atoms with Gasteiger partial charge in [-0.25, -0.2) is 0 Å². The topological polar surface area (TPSA) is 6.48 Å². The lowest BCUT2D eigenvalue weighted by Gasteiger charge is -2.36. The van der Waals surface area contributed by atoms with Crippen LogP contribution in [0.15, 0.2) is 60.3 Å². The molecule has 1 atom stereocenters. The molecule has 1 unspecified atom stereocenters. The van der Waals surface area contributed by atoms with Gasteiger partial charge in [0.25, 0.3) is 0 Å². The minimum Gasteiger partial charge on any atom is -0.378 e. The number of hydrogen-bond acceptors (Lipinski definition) is 2. The van der Waals surface area contributed by atoms with E-state index >= 15 is 0 Å². The molecule has 0 aliphatic carbocycles. The highest BCUT2D eigenvalue weighted by Crippen LogP contribution is 2.35. The number of benzene rings is 2. The first-order valence-electron chi connectivity index (χ1n) is 9.51. The van der Waals surface area contributed by atoms with Gasteiger partial charge in [0, 0.05) is 44.4 Å². The van der Waals surface area contributed by atoms with Crippen molar-refractivity contribution in [3.63, 3.8) is 0 Å². The molecule has 3 heteroatoms. The Kier molecular flexibility index (Phi) is 6.62. The molecule has 2 aromatic rings. The maximum absolute atomic E-state index is 5.94. The van der Waals surface area contributed by atoms with Gasteiger partial charge in [-0.3, -0.25) is 0 Å². The summed E-state index contributed by atoms with van der Waals surface area (Å²) >= 11 is 5.94. The van der Waals surface area contributed by atoms with E-state index in [0.29, 0.717) is 5.92 Å². The van der Waals surface area contributed by atoms with Crippen LogP contribution < -0.4 is 4.90 Å². The van der Waals surface area contributed by atoms with E-state index in [0.717, 1.165) is 31.8 Å². The average molecular weight is 369 g/mol. The van der Waals surface area contributed by atoms with Gasteiger partial charge in [0.05, 0.1) is 0 Å². The van der Waals surface area contributed by atoms with Crippen molar-refractivity contribution in [3.05, 3.63) is 71.4 Å². The molecule has 2 aromatic carbocycles. The largest absolute Gasteiger partial charge is 0.378 e. The molecule has 0 amide bonds. The Labute approximate surface area is 163 Å². The minimum absolute atomic E-state index is 0.591. The molecule has 1 aliphatic heterocycles. The molecule has 0 radical (unpaired) electrons. The predicted octanol–water partition coefficient (Wildman–Crippen LogP) is 5.60. The molecule has 2 nitrogen and oxygen atoms in total. The van der Waals surface area contributed by atoms with Crippen molar-refractivity contribution in [1.29, 1.82) is 0 Å². The standard InChI is InChI=1S/C23H29ClN2/c1-25(2)22-11-9-20(10-12-22)21-13-16-26(15-6-14-24)23(18-21)17-19-7-4-3-5-8-19/h3-5,7-12,17,21H,6,13-16,18H2,1-2H3. The van der Waals surface area contributed by atoms with E-state index in [2.05, 4.69) is 84.6 Å². The van der Waals surface area contributed by atoms with Crippen LogP contribution in [0.3, 0.4) is 0 Å². The minimum atomic E-state index is 0.591. The third-order valence-corrected chi connectivity index (χ3v) is 5.45. The van der Waals surface area contributed by atoms with Crippen LogP contribution in [0.5, 0.6) is 0 Å². The zero-order chi connectivity index (χ0) is 18.4. The van der Waals surface area contributed by atoms with E-state index in [1.807, 2.05) is 0 Å². The summed E-state index contributed by atoms with van der Waals surface area (Å²) in [7, 11) is 4.18. The molecule has 138 valence electrons. The van der Waals surface area contributed by atoms with Crippen molar-refractivity contribution in [2.75, 3.05) is 38.0 Å². The summed E-state index contributed by atoms with van der Waals surface area (Å²) < 4.78 is 0. The van der Waals surface area contributed by atoms with Gasteiger partial charge in [-0.05, 0) is 54.5 Å². The van der Waals surface area contributed by atoms with Crippen LogP contribution >= 0.6 is 11.6 Å². The molecule has 1 fully saturated rings. The van der Waals surface area contributed by atoms with E-state index in [4.69, 9.17) is 11.6 Å². The fourth-order valence-electron chi connectivity index (χ4n) is 3.67. The number of rotatable bonds is 6. The second-order valence-electron chi connectivity index (χ2n) is 7.25. The van der Waals surface area contributed by atoms with E-state index in [1.165, 1.54) is 28.9 Å². The summed E-state index contributed by atoms with van der Waals surface area (Å²) in [5.41, 5.74) is 5.43. The second kappa shape index (κ2) is 9.14. The maximum atomic E-state index is 5.94. The van der Waals surface area contributed by atoms with E-state index < -0.39 is 0 Å². The quantitative estimate of drug-likeness (QED) is 0.612. The Morgan fingerprint density at radius 1 is 1.08 bits per heavy atom. The Balaban J connectivity index is 1.79. The SMILES string of the molecule is CN(C)c1ccc(C2CCN(CCCCl)C(=Cc3ccccc3)C2)cc1. The number of nitrogens with zero attached hydrogens (tertiary/aromatic N) is 2. The Bertz CT molecular complexity index is 707. The fraction of sp³-hybridized carbons (Fsp3) is 0.391. The summed E-state index contributed by atoms with van der Waals surface area (Å²) in [5.74, 6) is 1.32. The van der Waals surface area contributed by atoms with Crippen LogP contribution in [0, 0.1) is 0 Å². The number of anilines is 1. The molecule has 1 saturated heterocycles. The zero-order valence-electron chi connectivity index (χ0n) is 15.9. The first kappa shape index (κ1) is 18.8. The first-order valence-corrected chi connectivity index (χ1v) is 10.0. The van der Waals surface area contributed by atoms with E-state index in [9.17, 15) is 0 Å². The Morgan fingerprint density at radius 3 is 2.46 bits per heavy atom. The van der Waals surface area contributed by atoms with Gasteiger partial charge >= 0.3 is 0 Å². The average Bonchev–Trinajstić information content (AvgIpc) is 2.68. The smallest absolute Gasteiger partial charge is 0.0361 e. The van der Waals surface area contributed by atoms with Crippen molar-refractivity contribution in [2.45, 2.75) is 25.2 Å². The molecule has 1 heterocycles. The zero-order valence-corrected chi connectivity index (χ0v) is 16.6. The van der Waals surface area contributed by atoms with E-state index in [-0.39, 0.29) is 0 Å². The molecule has 0 spiro atoms. The van der Waals surface area contributed by atoms with Crippen LogP contribution in [0.25, 0.3) is 6.08 Å². The van der Waals surface area contributed by atoms with Crippen LogP contribution in [0.1, 0.15) is 36.3 Å². The number of likely N-dealkylation sites (tertiary alicyclic amines) is 1. The Morgan fingerprint density at radius 2 is 1.81 bits per heavy atom. The lowest BCUT2D eigenvalue weighted by atomic mass is 9.87. The molecule has 0 N–H and O–H groups in total. The molecule has 0 aromatic heterocycles. The summed E-state index contributed by atoms with van der Waals surface area (Å²) in [6.07, 6.45) is 5.69. The monoisotopic (exact) mass is 368 g/mol. The highest BCUT2D eigenvalue weighted by molar-refractivity contribution is 6.17. The molecule has 0 bridgehead atoms. The van der Waals surface area contributed by atoms with Crippen LogP contribution in [-0.2, 0) is 0 Å². The van der Waals surface area contributed by atoms with Crippen LogP contribution in [-0.4, -0.2) is 38.0 Å². The summed E-state index contributed by atoms with van der Waals surface area (Å²) in [6, 6.07) is 19.7. The van der Waals surface area contributed by atoms with Gasteiger partial charge in [0.2, 0.25) is 0 Å². The lowest BCUT2D eigenvalue weighted by Crippen LogP contribution is -2.32. The van der Waals surface area contributed by atoms with Crippen molar-refractivity contribution >= 4 is 23.4 Å². The molecular formula is C23H29ClN2. The highest BCUT2D eigenvalue weighted by Gasteiger charge is 2.24. The van der Waals surface area contributed by atoms with Gasteiger partial charge in [-0.15, -0.1) is 11.6 Å². The van der Waals surface area contributed by atoms with Crippen LogP contribution in [0.4, 0.5) is 5.69 Å². The summed E-state index contributed by atoms with van der Waals surface area (Å²) in [4.78, 5) is 4.68. The summed E-state index contributed by atoms with van der Waals surface area (Å²) in [5, 5.41) is 0. The molecule has 1 aliphatic rings. The number of hydrogen-bond donors (Lipinski definition) is 0. The van der Waals surface area contributed by atoms with Gasteiger partial charge in [0.1, 0.15) is 0 Å². The maximum Gasteiger partial charge on any atom is 0.0361 e. The van der Waals surface area contributed by atoms with Gasteiger partial charge in [0.15, 0.2) is 0 Å². The van der Waals surface area contributed by atoms with Gasteiger partial charge in [-0.2, -0.15) is 0 Å². The van der Waals surface area contributed by atoms with Crippen molar-refractivity contribution in [3.8, 4) is 0 Å². The Hall–Kier alpha value is -1.93. The number of alkyl halides is 1. The molecule has 3 rings (SSSR count). The number of halogens is 1. The fourth-order valence-corrected chi connectivity index (χ4v) is 3.79. The number of piperidine rings is 1. The number of allylic oxidation sites excluding steroid dienone is 1. The third-order valence-electron chi connectivity index (χ3n) is 5.18. The molecule has 0 saturated carbocycles. The van der Waals surface area contributed by atoms with Gasteiger partial charge < -0.3 is 9.80 Å². The summed E-state index contributed by atoms with van der Waals surface area (Å²) in [6.45, 7) is 2.16.